The van der Waals surface area contributed by atoms with Crippen molar-refractivity contribution in [2.24, 2.45) is 0 Å². The number of nitrogens with zero attached hydrogens (tertiary/aromatic N) is 2. The van der Waals surface area contributed by atoms with Gasteiger partial charge in [0.2, 0.25) is 5.82 Å². The van der Waals surface area contributed by atoms with E-state index in [4.69, 9.17) is 38.2 Å². The SMILES string of the molecule is Cc1c(N)cccc1-c1noc(-c2cccc(COc3cccc(Cl)c3Cl)c2)n1. The van der Waals surface area contributed by atoms with Crippen molar-refractivity contribution in [3.63, 3.8) is 0 Å². The fourth-order valence-electron chi connectivity index (χ4n) is 2.90. The van der Waals surface area contributed by atoms with Crippen molar-refractivity contribution >= 4 is 28.9 Å². The van der Waals surface area contributed by atoms with Gasteiger partial charge in [-0.25, -0.2) is 0 Å². The highest BCUT2D eigenvalue weighted by atomic mass is 35.5. The summed E-state index contributed by atoms with van der Waals surface area (Å²) in [4.78, 5) is 4.53. The van der Waals surface area contributed by atoms with Crippen molar-refractivity contribution in [2.45, 2.75) is 13.5 Å². The molecule has 1 aromatic heterocycles. The average Bonchev–Trinajstić information content (AvgIpc) is 3.21. The maximum absolute atomic E-state index is 6.17. The van der Waals surface area contributed by atoms with E-state index in [0.717, 1.165) is 22.3 Å². The van der Waals surface area contributed by atoms with Crippen molar-refractivity contribution in [1.82, 2.24) is 10.1 Å². The van der Waals surface area contributed by atoms with E-state index in [1.54, 1.807) is 18.2 Å². The monoisotopic (exact) mass is 425 g/mol. The summed E-state index contributed by atoms with van der Waals surface area (Å²) in [6.07, 6.45) is 0. The summed E-state index contributed by atoms with van der Waals surface area (Å²) >= 11 is 12.2. The minimum absolute atomic E-state index is 0.323. The first-order valence-electron chi connectivity index (χ1n) is 8.88. The third-order valence-electron chi connectivity index (χ3n) is 4.53. The number of nitrogen functional groups attached to an aromatic ring is 1. The summed E-state index contributed by atoms with van der Waals surface area (Å²) in [7, 11) is 0. The summed E-state index contributed by atoms with van der Waals surface area (Å²) in [6, 6.07) is 18.6. The molecule has 0 fully saturated rings. The molecule has 0 radical (unpaired) electrons. The summed E-state index contributed by atoms with van der Waals surface area (Å²) in [5.74, 6) is 1.45. The van der Waals surface area contributed by atoms with Crippen molar-refractivity contribution in [3.8, 4) is 28.6 Å². The van der Waals surface area contributed by atoms with Gasteiger partial charge in [0.25, 0.3) is 5.89 Å². The molecule has 0 aliphatic rings. The smallest absolute Gasteiger partial charge is 0.258 e. The molecule has 5 nitrogen and oxygen atoms in total. The Morgan fingerprint density at radius 2 is 1.83 bits per heavy atom. The number of ether oxygens (including phenoxy) is 1. The molecule has 4 aromatic rings. The van der Waals surface area contributed by atoms with Gasteiger partial charge in [-0.1, -0.05) is 58.7 Å². The van der Waals surface area contributed by atoms with Gasteiger partial charge in [-0.3, -0.25) is 0 Å². The first-order valence-corrected chi connectivity index (χ1v) is 9.64. The highest BCUT2D eigenvalue weighted by molar-refractivity contribution is 6.42. The number of aromatic nitrogens is 2. The van der Waals surface area contributed by atoms with E-state index in [2.05, 4.69) is 10.1 Å². The molecule has 146 valence electrons. The number of anilines is 1. The molecule has 0 spiro atoms. The summed E-state index contributed by atoms with van der Waals surface area (Å²) < 4.78 is 11.3. The van der Waals surface area contributed by atoms with Crippen LogP contribution in [0.15, 0.2) is 65.2 Å². The fraction of sp³-hybridized carbons (Fsp3) is 0.0909. The van der Waals surface area contributed by atoms with E-state index in [1.165, 1.54) is 0 Å². The number of nitrogens with two attached hydrogens (primary N) is 1. The standard InChI is InChI=1S/C22H17Cl2N3O2/c1-13-16(7-3-9-18(13)25)21-26-22(29-27-21)15-6-2-5-14(11-15)12-28-19-10-4-8-17(23)20(19)24/h2-11H,12,25H2,1H3. The molecule has 0 aliphatic heterocycles. The van der Waals surface area contributed by atoms with Crippen LogP contribution in [-0.4, -0.2) is 10.1 Å². The molecular weight excluding hydrogens is 409 g/mol. The van der Waals surface area contributed by atoms with Gasteiger partial charge in [0.05, 0.1) is 5.02 Å². The summed E-state index contributed by atoms with van der Waals surface area (Å²) in [5, 5.41) is 4.95. The van der Waals surface area contributed by atoms with Gasteiger partial charge in [-0.2, -0.15) is 4.98 Å². The molecular formula is C22H17Cl2N3O2. The van der Waals surface area contributed by atoms with Crippen LogP contribution in [0.3, 0.4) is 0 Å². The van der Waals surface area contributed by atoms with Crippen LogP contribution in [0.5, 0.6) is 5.75 Å². The second-order valence-corrected chi connectivity index (χ2v) is 7.27. The van der Waals surface area contributed by atoms with Gasteiger partial charge in [0.15, 0.2) is 0 Å². The second-order valence-electron chi connectivity index (χ2n) is 6.48. The van der Waals surface area contributed by atoms with E-state index >= 15 is 0 Å². The minimum atomic E-state index is 0.323. The molecule has 0 atom stereocenters. The zero-order valence-corrected chi connectivity index (χ0v) is 17.0. The minimum Gasteiger partial charge on any atom is -0.487 e. The molecule has 0 saturated heterocycles. The zero-order chi connectivity index (χ0) is 20.4. The lowest BCUT2D eigenvalue weighted by Gasteiger charge is -2.09. The third kappa shape index (κ3) is 4.06. The molecule has 0 saturated carbocycles. The molecule has 7 heteroatoms. The molecule has 2 N–H and O–H groups in total. The molecule has 1 heterocycles. The van der Waals surface area contributed by atoms with E-state index in [9.17, 15) is 0 Å². The van der Waals surface area contributed by atoms with Crippen LogP contribution in [-0.2, 0) is 6.61 Å². The average molecular weight is 426 g/mol. The summed E-state index contributed by atoms with van der Waals surface area (Å²) in [5.41, 5.74) is 10.2. The van der Waals surface area contributed by atoms with Gasteiger partial charge in [0.1, 0.15) is 17.4 Å². The maximum Gasteiger partial charge on any atom is 0.258 e. The van der Waals surface area contributed by atoms with E-state index in [1.807, 2.05) is 49.4 Å². The van der Waals surface area contributed by atoms with Crippen LogP contribution in [0.4, 0.5) is 5.69 Å². The highest BCUT2D eigenvalue weighted by Crippen LogP contribution is 2.32. The Morgan fingerprint density at radius 1 is 1.03 bits per heavy atom. The Balaban J connectivity index is 1.56. The Morgan fingerprint density at radius 3 is 2.69 bits per heavy atom. The quantitative estimate of drug-likeness (QED) is 0.386. The molecule has 29 heavy (non-hydrogen) atoms. The number of hydrogen-bond donors (Lipinski definition) is 1. The van der Waals surface area contributed by atoms with Gasteiger partial charge < -0.3 is 15.0 Å². The maximum atomic E-state index is 6.17. The lowest BCUT2D eigenvalue weighted by atomic mass is 10.1. The molecule has 0 unspecified atom stereocenters. The lowest BCUT2D eigenvalue weighted by Crippen LogP contribution is -1.96. The van der Waals surface area contributed by atoms with Gasteiger partial charge in [0, 0.05) is 16.8 Å². The fourth-order valence-corrected chi connectivity index (χ4v) is 3.24. The molecule has 0 aliphatic carbocycles. The predicted molar refractivity (Wildman–Crippen MR) is 115 cm³/mol. The van der Waals surface area contributed by atoms with Crippen LogP contribution in [0.25, 0.3) is 22.8 Å². The second kappa shape index (κ2) is 8.15. The van der Waals surface area contributed by atoms with E-state index < -0.39 is 0 Å². The number of halogens is 2. The number of benzene rings is 3. The van der Waals surface area contributed by atoms with Crippen molar-refractivity contribution in [2.75, 3.05) is 5.73 Å². The topological polar surface area (TPSA) is 74.2 Å². The van der Waals surface area contributed by atoms with Crippen LogP contribution in [0.2, 0.25) is 10.0 Å². The first kappa shape index (κ1) is 19.3. The highest BCUT2D eigenvalue weighted by Gasteiger charge is 2.14. The molecule has 0 amide bonds. The Hall–Kier alpha value is -3.02. The van der Waals surface area contributed by atoms with Crippen molar-refractivity contribution in [1.29, 1.82) is 0 Å². The predicted octanol–water partition coefficient (Wildman–Crippen LogP) is 6.18. The Kier molecular flexibility index (Phi) is 5.43. The Labute approximate surface area is 178 Å². The van der Waals surface area contributed by atoms with E-state index in [0.29, 0.717) is 39.8 Å². The van der Waals surface area contributed by atoms with Crippen LogP contribution >= 0.6 is 23.2 Å². The van der Waals surface area contributed by atoms with Crippen LogP contribution < -0.4 is 10.5 Å². The third-order valence-corrected chi connectivity index (χ3v) is 5.33. The summed E-state index contributed by atoms with van der Waals surface area (Å²) in [6.45, 7) is 2.25. The zero-order valence-electron chi connectivity index (χ0n) is 15.5. The number of hydrogen-bond acceptors (Lipinski definition) is 5. The van der Waals surface area contributed by atoms with Crippen molar-refractivity contribution in [3.05, 3.63) is 81.8 Å². The Bertz CT molecular complexity index is 1170. The normalized spacial score (nSPS) is 10.9. The molecule has 3 aromatic carbocycles. The molecule has 4 rings (SSSR count). The van der Waals surface area contributed by atoms with Crippen molar-refractivity contribution < 1.29 is 9.26 Å². The van der Waals surface area contributed by atoms with Crippen LogP contribution in [0, 0.1) is 6.92 Å². The van der Waals surface area contributed by atoms with Crippen LogP contribution in [0.1, 0.15) is 11.1 Å². The first-order chi connectivity index (χ1) is 14.0. The van der Waals surface area contributed by atoms with Gasteiger partial charge in [-0.15, -0.1) is 0 Å². The van der Waals surface area contributed by atoms with Gasteiger partial charge in [-0.05, 0) is 48.4 Å². The van der Waals surface area contributed by atoms with Gasteiger partial charge >= 0.3 is 0 Å². The lowest BCUT2D eigenvalue weighted by molar-refractivity contribution is 0.306. The number of rotatable bonds is 5. The largest absolute Gasteiger partial charge is 0.487 e. The van der Waals surface area contributed by atoms with E-state index in [-0.39, 0.29) is 0 Å². The molecule has 0 bridgehead atoms.